The van der Waals surface area contributed by atoms with Crippen molar-refractivity contribution in [3.8, 4) is 0 Å². The van der Waals surface area contributed by atoms with Crippen LogP contribution in [-0.2, 0) is 23.9 Å². The fourth-order valence-electron chi connectivity index (χ4n) is 3.16. The van der Waals surface area contributed by atoms with Crippen LogP contribution in [0.15, 0.2) is 48.7 Å². The van der Waals surface area contributed by atoms with E-state index in [0.29, 0.717) is 25.2 Å². The van der Waals surface area contributed by atoms with Gasteiger partial charge in [0, 0.05) is 25.2 Å². The molecule has 0 spiro atoms. The van der Waals surface area contributed by atoms with Crippen molar-refractivity contribution in [2.75, 3.05) is 18.4 Å². The summed E-state index contributed by atoms with van der Waals surface area (Å²) >= 11 is 0. The molecule has 0 bridgehead atoms. The molecule has 1 aromatic heterocycles. The van der Waals surface area contributed by atoms with Crippen molar-refractivity contribution >= 4 is 35.3 Å². The SMILES string of the molecule is O=C(CCCCNc1ccccn1)NCC(=O)NC(CC(=O)OC(=O)C(F)(F)F)c1ccccc1[N+](=O)[O-]. The molecule has 0 fully saturated rings. The number of pyridine rings is 1. The molecule has 0 aliphatic rings. The third-order valence-corrected chi connectivity index (χ3v) is 4.90. The molecular weight excluding hydrogens is 515 g/mol. The second-order valence-electron chi connectivity index (χ2n) is 7.78. The van der Waals surface area contributed by atoms with Crippen molar-refractivity contribution in [2.24, 2.45) is 0 Å². The molecule has 0 aliphatic carbocycles. The number of hydrogen-bond donors (Lipinski definition) is 3. The molecule has 0 radical (unpaired) electrons. The molecule has 0 saturated heterocycles. The van der Waals surface area contributed by atoms with Crippen molar-refractivity contribution in [1.82, 2.24) is 15.6 Å². The number of anilines is 1. The van der Waals surface area contributed by atoms with Crippen molar-refractivity contribution in [1.29, 1.82) is 0 Å². The van der Waals surface area contributed by atoms with Gasteiger partial charge < -0.3 is 20.7 Å². The number of nitrogens with zero attached hydrogens (tertiary/aromatic N) is 2. The summed E-state index contributed by atoms with van der Waals surface area (Å²) in [5, 5.41) is 19.0. The lowest BCUT2D eigenvalue weighted by molar-refractivity contribution is -0.385. The Morgan fingerprint density at radius 3 is 2.39 bits per heavy atom. The maximum Gasteiger partial charge on any atom is 0.491 e. The number of carbonyl (C=O) groups excluding carboxylic acids is 4. The second-order valence-corrected chi connectivity index (χ2v) is 7.78. The van der Waals surface area contributed by atoms with E-state index in [2.05, 4.69) is 25.7 Å². The summed E-state index contributed by atoms with van der Waals surface area (Å²) < 4.78 is 40.9. The van der Waals surface area contributed by atoms with Gasteiger partial charge in [-0.3, -0.25) is 24.5 Å². The van der Waals surface area contributed by atoms with Crippen LogP contribution in [0.25, 0.3) is 0 Å². The number of aromatic nitrogens is 1. The number of nitro benzene ring substituents is 1. The highest BCUT2D eigenvalue weighted by Gasteiger charge is 2.42. The van der Waals surface area contributed by atoms with E-state index >= 15 is 0 Å². The number of halogens is 3. The average Bonchev–Trinajstić information content (AvgIpc) is 2.87. The molecule has 1 unspecified atom stereocenters. The molecule has 1 aromatic carbocycles. The van der Waals surface area contributed by atoms with Gasteiger partial charge in [0.15, 0.2) is 0 Å². The van der Waals surface area contributed by atoms with Crippen LogP contribution >= 0.6 is 0 Å². The molecular formula is C23H24F3N5O7. The minimum Gasteiger partial charge on any atom is -0.386 e. The summed E-state index contributed by atoms with van der Waals surface area (Å²) in [5.41, 5.74) is -0.745. The number of esters is 2. The molecule has 12 nitrogen and oxygen atoms in total. The van der Waals surface area contributed by atoms with Crippen LogP contribution < -0.4 is 16.0 Å². The summed E-state index contributed by atoms with van der Waals surface area (Å²) in [7, 11) is 0. The van der Waals surface area contributed by atoms with Crippen LogP contribution in [-0.4, -0.2) is 52.9 Å². The smallest absolute Gasteiger partial charge is 0.386 e. The predicted octanol–water partition coefficient (Wildman–Crippen LogP) is 2.57. The first-order valence-corrected chi connectivity index (χ1v) is 11.2. The van der Waals surface area contributed by atoms with Crippen molar-refractivity contribution in [3.05, 3.63) is 64.3 Å². The monoisotopic (exact) mass is 539 g/mol. The van der Waals surface area contributed by atoms with E-state index in [-0.39, 0.29) is 12.0 Å². The fraction of sp³-hybridized carbons (Fsp3) is 0.348. The zero-order valence-electron chi connectivity index (χ0n) is 19.8. The lowest BCUT2D eigenvalue weighted by atomic mass is 10.0. The average molecular weight is 539 g/mol. The molecule has 2 aromatic rings. The van der Waals surface area contributed by atoms with E-state index in [9.17, 15) is 42.5 Å². The Hall–Kier alpha value is -4.56. The predicted molar refractivity (Wildman–Crippen MR) is 125 cm³/mol. The number of nitrogens with one attached hydrogen (secondary N) is 3. The van der Waals surface area contributed by atoms with Gasteiger partial charge in [-0.1, -0.05) is 24.3 Å². The molecule has 1 heterocycles. The Labute approximate surface area is 214 Å². The standard InChI is InChI=1S/C23H24F3N5O7/c24-23(25,26)22(35)38-21(34)13-16(15-7-1-2-8-17(15)31(36)37)30-20(33)14-29-19(32)10-4-6-12-28-18-9-3-5-11-27-18/h1-3,5,7-9,11,16H,4,6,10,12-14H2,(H,27,28)(H,29,32)(H,30,33). The highest BCUT2D eigenvalue weighted by molar-refractivity contribution is 5.89. The topological polar surface area (TPSA) is 170 Å². The maximum atomic E-state index is 12.4. The highest BCUT2D eigenvalue weighted by Crippen LogP contribution is 2.28. The number of para-hydroxylation sites is 1. The van der Waals surface area contributed by atoms with Gasteiger partial charge in [0.05, 0.1) is 29.5 Å². The Balaban J connectivity index is 1.91. The molecule has 0 aliphatic heterocycles. The summed E-state index contributed by atoms with van der Waals surface area (Å²) in [4.78, 5) is 62.0. The van der Waals surface area contributed by atoms with E-state index in [1.165, 1.54) is 18.2 Å². The number of ether oxygens (including phenoxy) is 1. The Morgan fingerprint density at radius 1 is 1.03 bits per heavy atom. The lowest BCUT2D eigenvalue weighted by Gasteiger charge is -2.19. The van der Waals surface area contributed by atoms with Gasteiger partial charge in [-0.05, 0) is 25.0 Å². The van der Waals surface area contributed by atoms with Crippen LogP contribution in [0.3, 0.4) is 0 Å². The van der Waals surface area contributed by atoms with Gasteiger partial charge in [0.1, 0.15) is 5.82 Å². The summed E-state index contributed by atoms with van der Waals surface area (Å²) in [5.74, 6) is -5.09. The number of alkyl halides is 3. The Bertz CT molecular complexity index is 1150. The Kier molecular flexibility index (Phi) is 11.1. The minimum atomic E-state index is -5.44. The van der Waals surface area contributed by atoms with E-state index < -0.39 is 59.5 Å². The number of benzene rings is 1. The van der Waals surface area contributed by atoms with E-state index in [1.54, 1.807) is 18.3 Å². The molecule has 3 N–H and O–H groups in total. The second kappa shape index (κ2) is 14.2. The van der Waals surface area contributed by atoms with Gasteiger partial charge >= 0.3 is 18.1 Å². The van der Waals surface area contributed by atoms with Gasteiger partial charge in [-0.2, -0.15) is 13.2 Å². The van der Waals surface area contributed by atoms with Gasteiger partial charge in [-0.25, -0.2) is 9.78 Å². The molecule has 0 saturated carbocycles. The number of hydrogen-bond acceptors (Lipinski definition) is 9. The molecule has 2 rings (SSSR count). The third-order valence-electron chi connectivity index (χ3n) is 4.90. The largest absolute Gasteiger partial charge is 0.491 e. The zero-order valence-corrected chi connectivity index (χ0v) is 19.8. The molecule has 38 heavy (non-hydrogen) atoms. The van der Waals surface area contributed by atoms with Gasteiger partial charge in [0.2, 0.25) is 11.8 Å². The van der Waals surface area contributed by atoms with Crippen LogP contribution in [0, 0.1) is 10.1 Å². The minimum absolute atomic E-state index is 0.0939. The summed E-state index contributed by atoms with van der Waals surface area (Å²) in [6, 6.07) is 8.75. The Morgan fingerprint density at radius 2 is 1.74 bits per heavy atom. The molecule has 1 atom stereocenters. The summed E-state index contributed by atoms with van der Waals surface area (Å²) in [6.45, 7) is -0.00602. The highest BCUT2D eigenvalue weighted by atomic mass is 19.4. The van der Waals surface area contributed by atoms with Gasteiger partial charge in [-0.15, -0.1) is 0 Å². The van der Waals surface area contributed by atoms with E-state index in [4.69, 9.17) is 0 Å². The molecule has 15 heteroatoms. The first-order valence-electron chi connectivity index (χ1n) is 11.2. The third kappa shape index (κ3) is 10.2. The fourth-order valence-corrected chi connectivity index (χ4v) is 3.16. The van der Waals surface area contributed by atoms with Gasteiger partial charge in [0.25, 0.3) is 5.69 Å². The summed E-state index contributed by atoms with van der Waals surface area (Å²) in [6.07, 6.45) is -3.61. The lowest BCUT2D eigenvalue weighted by Crippen LogP contribution is -2.40. The van der Waals surface area contributed by atoms with E-state index in [0.717, 1.165) is 6.07 Å². The number of nitro groups is 1. The van der Waals surface area contributed by atoms with Crippen LogP contribution in [0.1, 0.15) is 37.3 Å². The maximum absolute atomic E-state index is 12.4. The number of carbonyl (C=O) groups is 4. The number of rotatable bonds is 13. The number of unbranched alkanes of at least 4 members (excludes halogenated alkanes) is 1. The van der Waals surface area contributed by atoms with Crippen LogP contribution in [0.2, 0.25) is 0 Å². The first-order chi connectivity index (χ1) is 18.0. The first kappa shape index (κ1) is 29.7. The van der Waals surface area contributed by atoms with Crippen molar-refractivity contribution < 1.29 is 42.0 Å². The van der Waals surface area contributed by atoms with E-state index in [1.807, 2.05) is 6.07 Å². The van der Waals surface area contributed by atoms with Crippen molar-refractivity contribution in [2.45, 2.75) is 37.9 Å². The zero-order chi connectivity index (χ0) is 28.1. The van der Waals surface area contributed by atoms with Crippen LogP contribution in [0.5, 0.6) is 0 Å². The normalized spacial score (nSPS) is 11.7. The molecule has 204 valence electrons. The van der Waals surface area contributed by atoms with Crippen LogP contribution in [0.4, 0.5) is 24.7 Å². The number of amides is 2. The van der Waals surface area contributed by atoms with Crippen molar-refractivity contribution in [3.63, 3.8) is 0 Å². The molecule has 2 amide bonds. The quantitative estimate of drug-likeness (QED) is 0.114.